The minimum atomic E-state index is -1.35. The van der Waals surface area contributed by atoms with Crippen LogP contribution in [-0.2, 0) is 64.0 Å². The quantitative estimate of drug-likeness (QED) is 0.0766. The van der Waals surface area contributed by atoms with Gasteiger partial charge in [0, 0.05) is 47.8 Å². The second-order valence-corrected chi connectivity index (χ2v) is 13.9. The Labute approximate surface area is 337 Å². The first-order valence-electron chi connectivity index (χ1n) is 18.3. The number of carboxylic acids is 8. The smallest absolute Gasteiger partial charge is 0.307 e. The van der Waals surface area contributed by atoms with Gasteiger partial charge < -0.3 is 50.8 Å². The Kier molecular flexibility index (Phi) is 13.3. The highest BCUT2D eigenvalue weighted by atomic mass is 16.4. The van der Waals surface area contributed by atoms with E-state index in [2.05, 4.69) is 19.9 Å². The predicted octanol–water partition coefficient (Wildman–Crippen LogP) is 4.10. The van der Waals surface area contributed by atoms with E-state index in [0.29, 0.717) is 0 Å². The van der Waals surface area contributed by atoms with Gasteiger partial charge in [-0.2, -0.15) is 0 Å². The number of nitrogens with zero attached hydrogens (tertiary/aromatic N) is 2. The lowest BCUT2D eigenvalue weighted by Crippen LogP contribution is -2.05. The summed E-state index contributed by atoms with van der Waals surface area (Å²) < 4.78 is 0. The monoisotopic (exact) mass is 830 g/mol. The minimum absolute atomic E-state index is 0.00376. The molecule has 0 amide bonds. The van der Waals surface area contributed by atoms with Gasteiger partial charge in [0.05, 0.1) is 48.5 Å². The zero-order valence-corrected chi connectivity index (χ0v) is 31.5. The summed E-state index contributed by atoms with van der Waals surface area (Å²) in [5, 5.41) is 78.6. The highest BCUT2D eigenvalue weighted by Gasteiger charge is 2.28. The standard InChI is InChI=1S/C40H38N4O16/c45-33(46)5-1-17-21(9-37(53)54)29-14-26-19(3-7-35(49)50)23(11-39(57)58)31(43-26)16-28-20(4-8-36(51)52)24(12-40(59)60)32(44-28)15-27-18(2-6-34(47)48)22(10-38(55)56)30(42-27)13-25(17)41-29/h13-16,41-42H,1-12H2,(H,45,46)(H,47,48)(H,49,50)(H,51,52)(H,53,54)(H,55,56)(H,57,58)(H,59,60). The van der Waals surface area contributed by atoms with Crippen molar-refractivity contribution >= 4 is 92.1 Å². The maximum absolute atomic E-state index is 12.3. The Balaban J connectivity index is 2.09. The second kappa shape index (κ2) is 18.3. The fourth-order valence-corrected chi connectivity index (χ4v) is 7.37. The number of allylic oxidation sites excluding steroid dienone is 2. The summed E-state index contributed by atoms with van der Waals surface area (Å²) in [6.07, 6.45) is -5.74. The van der Waals surface area contributed by atoms with Crippen LogP contribution >= 0.6 is 0 Å². The largest absolute Gasteiger partial charge is 0.481 e. The Morgan fingerprint density at radius 3 is 1.03 bits per heavy atom. The van der Waals surface area contributed by atoms with Gasteiger partial charge in [0.25, 0.3) is 0 Å². The average Bonchev–Trinajstić information content (AvgIpc) is 3.81. The number of aliphatic carboxylic acids is 8. The van der Waals surface area contributed by atoms with Crippen LogP contribution in [0.15, 0.2) is 24.3 Å². The molecule has 2 aliphatic rings. The Morgan fingerprint density at radius 1 is 0.350 bits per heavy atom. The zero-order valence-electron chi connectivity index (χ0n) is 31.5. The molecule has 5 heterocycles. The highest BCUT2D eigenvalue weighted by Crippen LogP contribution is 2.40. The molecule has 3 aromatic heterocycles. The third-order valence-corrected chi connectivity index (χ3v) is 9.81. The Hall–Kier alpha value is -7.64. The first-order valence-corrected chi connectivity index (χ1v) is 18.3. The summed E-state index contributed by atoms with van der Waals surface area (Å²) in [5.74, 6) is -10.3. The molecule has 0 atom stereocenters. The van der Waals surface area contributed by atoms with Gasteiger partial charge in [0.15, 0.2) is 0 Å². The van der Waals surface area contributed by atoms with Gasteiger partial charge in [0.1, 0.15) is 0 Å². The molecular weight excluding hydrogens is 792 g/mol. The summed E-state index contributed by atoms with van der Waals surface area (Å²) in [4.78, 5) is 112. The second-order valence-electron chi connectivity index (χ2n) is 13.9. The molecule has 0 aromatic carbocycles. The van der Waals surface area contributed by atoms with Gasteiger partial charge >= 0.3 is 47.8 Å². The minimum Gasteiger partial charge on any atom is -0.481 e. The number of hydrogen-bond acceptors (Lipinski definition) is 10. The highest BCUT2D eigenvalue weighted by molar-refractivity contribution is 6.02. The molecule has 0 aliphatic carbocycles. The molecule has 20 nitrogen and oxygen atoms in total. The topological polar surface area (TPSA) is 356 Å². The number of aromatic amines is 2. The van der Waals surface area contributed by atoms with Gasteiger partial charge in [-0.25, -0.2) is 9.97 Å². The van der Waals surface area contributed by atoms with Crippen molar-refractivity contribution in [2.75, 3.05) is 0 Å². The molecule has 10 N–H and O–H groups in total. The normalized spacial score (nSPS) is 12.4. The van der Waals surface area contributed by atoms with Crippen LogP contribution < -0.4 is 0 Å². The maximum atomic E-state index is 12.3. The molecule has 0 saturated carbocycles. The molecule has 8 bridgehead atoms. The predicted molar refractivity (Wildman–Crippen MR) is 207 cm³/mol. The van der Waals surface area contributed by atoms with Crippen molar-refractivity contribution in [1.82, 2.24) is 19.9 Å². The van der Waals surface area contributed by atoms with Gasteiger partial charge in [-0.1, -0.05) is 0 Å². The number of aryl methyl sites for hydroxylation is 2. The Bertz CT molecular complexity index is 2590. The molecule has 60 heavy (non-hydrogen) atoms. The van der Waals surface area contributed by atoms with Crippen LogP contribution in [0.1, 0.15) is 96.4 Å². The lowest BCUT2D eigenvalue weighted by Gasteiger charge is -2.07. The number of H-pyrrole nitrogens is 2. The molecule has 3 aromatic rings. The third kappa shape index (κ3) is 10.4. The number of carboxylic acid groups (broad SMARTS) is 8. The van der Waals surface area contributed by atoms with E-state index in [-0.39, 0.29) is 115 Å². The van der Waals surface area contributed by atoms with Crippen LogP contribution in [0.2, 0.25) is 0 Å². The van der Waals surface area contributed by atoms with Crippen molar-refractivity contribution in [1.29, 1.82) is 0 Å². The molecule has 0 saturated heterocycles. The van der Waals surface area contributed by atoms with Crippen molar-refractivity contribution in [3.8, 4) is 0 Å². The lowest BCUT2D eigenvalue weighted by molar-refractivity contribution is -0.138. The van der Waals surface area contributed by atoms with E-state index in [0.717, 1.165) is 0 Å². The summed E-state index contributed by atoms with van der Waals surface area (Å²) >= 11 is 0. The SMILES string of the molecule is O=C(O)CCC1=C(CC(=O)O)c2cc3nc(cc4[nH]c(cc5[nH]c(cc1n2)c(CC(=O)O)c5CCC(=O)O)c(CC(=O)O)c4CCC(=O)O)C(CC(=O)O)=C3CCC(=O)O. The van der Waals surface area contributed by atoms with Crippen LogP contribution in [-0.4, -0.2) is 109 Å². The summed E-state index contributed by atoms with van der Waals surface area (Å²) in [5.41, 5.74) is 1.10. The summed E-state index contributed by atoms with van der Waals surface area (Å²) in [6.45, 7) is 0. The van der Waals surface area contributed by atoms with Crippen molar-refractivity contribution in [3.05, 3.63) is 69.3 Å². The van der Waals surface area contributed by atoms with Crippen molar-refractivity contribution in [2.45, 2.75) is 77.0 Å². The number of carbonyl (C=O) groups is 8. The van der Waals surface area contributed by atoms with Gasteiger partial charge in [-0.15, -0.1) is 0 Å². The molecule has 2 aliphatic heterocycles. The molecule has 314 valence electrons. The van der Waals surface area contributed by atoms with Crippen molar-refractivity contribution < 1.29 is 79.2 Å². The fourth-order valence-electron chi connectivity index (χ4n) is 7.37. The summed E-state index contributed by atoms with van der Waals surface area (Å²) in [7, 11) is 0. The molecule has 0 spiro atoms. The van der Waals surface area contributed by atoms with Gasteiger partial charge in [-0.05, 0) is 94.5 Å². The van der Waals surface area contributed by atoms with E-state index >= 15 is 0 Å². The van der Waals surface area contributed by atoms with Crippen LogP contribution in [0, 0.1) is 0 Å². The van der Waals surface area contributed by atoms with E-state index in [1.807, 2.05) is 0 Å². The number of rotatable bonds is 20. The first-order chi connectivity index (χ1) is 28.3. The van der Waals surface area contributed by atoms with Crippen LogP contribution in [0.4, 0.5) is 0 Å². The lowest BCUT2D eigenvalue weighted by atomic mass is 9.95. The number of nitrogens with one attached hydrogen (secondary N) is 2. The molecule has 0 fully saturated rings. The van der Waals surface area contributed by atoms with Gasteiger partial charge in [0.2, 0.25) is 0 Å². The van der Waals surface area contributed by atoms with E-state index in [1.165, 1.54) is 24.3 Å². The van der Waals surface area contributed by atoms with Crippen molar-refractivity contribution in [2.24, 2.45) is 0 Å². The first kappa shape index (κ1) is 43.5. The maximum Gasteiger partial charge on any atom is 0.307 e. The van der Waals surface area contributed by atoms with E-state index in [1.54, 1.807) is 0 Å². The molecule has 5 rings (SSSR count). The van der Waals surface area contributed by atoms with Crippen LogP contribution in [0.25, 0.3) is 44.4 Å². The number of hydrogen-bond donors (Lipinski definition) is 10. The average molecular weight is 831 g/mol. The molecular formula is C40H38N4O16. The zero-order chi connectivity index (χ0) is 44.0. The summed E-state index contributed by atoms with van der Waals surface area (Å²) in [6, 6.07) is 5.39. The number of aromatic nitrogens is 4. The van der Waals surface area contributed by atoms with E-state index < -0.39 is 99.1 Å². The number of fused-ring (bicyclic) bond motifs is 8. The fraction of sp³-hybridized carbons (Fsp3) is 0.300. The van der Waals surface area contributed by atoms with E-state index in [9.17, 15) is 79.2 Å². The molecule has 0 unspecified atom stereocenters. The molecule has 0 radical (unpaired) electrons. The molecule has 20 heteroatoms. The van der Waals surface area contributed by atoms with Crippen LogP contribution in [0.3, 0.4) is 0 Å². The third-order valence-electron chi connectivity index (χ3n) is 9.81. The van der Waals surface area contributed by atoms with Crippen molar-refractivity contribution in [3.63, 3.8) is 0 Å². The van der Waals surface area contributed by atoms with Crippen LogP contribution in [0.5, 0.6) is 0 Å². The van der Waals surface area contributed by atoms with Gasteiger partial charge in [-0.3, -0.25) is 38.4 Å². The van der Waals surface area contributed by atoms with E-state index in [4.69, 9.17) is 0 Å². The Morgan fingerprint density at radius 2 is 0.650 bits per heavy atom.